The molecule has 1 fully saturated rings. The van der Waals surface area contributed by atoms with E-state index in [1.807, 2.05) is 0 Å². The van der Waals surface area contributed by atoms with Crippen LogP contribution in [-0.2, 0) is 10.9 Å². The summed E-state index contributed by atoms with van der Waals surface area (Å²) in [6, 6.07) is -1.26. The van der Waals surface area contributed by atoms with E-state index < -0.39 is 72.9 Å². The Hall–Kier alpha value is -1.43. The summed E-state index contributed by atoms with van der Waals surface area (Å²) in [5.41, 5.74) is -3.60. The van der Waals surface area contributed by atoms with Crippen molar-refractivity contribution in [2.45, 2.75) is 55.8 Å². The molecule has 1 aliphatic carbocycles. The van der Waals surface area contributed by atoms with Gasteiger partial charge in [0.2, 0.25) is 0 Å². The third-order valence-corrected chi connectivity index (χ3v) is 4.36. The summed E-state index contributed by atoms with van der Waals surface area (Å²) in [7, 11) is 0. The van der Waals surface area contributed by atoms with Crippen molar-refractivity contribution < 1.29 is 45.0 Å². The number of aromatic nitrogens is 2. The van der Waals surface area contributed by atoms with Crippen LogP contribution in [0.4, 0.5) is 35.1 Å². The number of rotatable bonds is 1. The van der Waals surface area contributed by atoms with Crippen molar-refractivity contribution in [3.63, 3.8) is 0 Å². The first-order chi connectivity index (χ1) is 11.4. The first kappa shape index (κ1) is 18.4. The highest BCUT2D eigenvalue weighted by Crippen LogP contribution is 2.50. The Labute approximate surface area is 135 Å². The van der Waals surface area contributed by atoms with Gasteiger partial charge in [0.15, 0.2) is 24.1 Å². The molecule has 0 unspecified atom stereocenters. The Morgan fingerprint density at radius 2 is 1.76 bits per heavy atom. The van der Waals surface area contributed by atoms with E-state index >= 15 is 0 Å². The van der Waals surface area contributed by atoms with E-state index in [2.05, 4.69) is 9.84 Å². The number of nitrogens with zero attached hydrogens (tertiary/aromatic N) is 2. The zero-order chi connectivity index (χ0) is 18.7. The van der Waals surface area contributed by atoms with Crippen molar-refractivity contribution in [1.82, 2.24) is 9.78 Å². The van der Waals surface area contributed by atoms with Crippen LogP contribution in [0.5, 0.6) is 0 Å². The fraction of sp³-hybridized carbons (Fsp3) is 0.769. The van der Waals surface area contributed by atoms with Gasteiger partial charge in [-0.1, -0.05) is 0 Å². The molecule has 0 spiro atoms. The zero-order valence-electron chi connectivity index (χ0n) is 12.3. The molecule has 1 saturated heterocycles. The van der Waals surface area contributed by atoms with Gasteiger partial charge in [0, 0.05) is 18.6 Å². The molecule has 1 N–H and O–H groups in total. The average Bonchev–Trinajstić information content (AvgIpc) is 3.00. The van der Waals surface area contributed by atoms with Gasteiger partial charge in [0.1, 0.15) is 6.10 Å². The summed E-state index contributed by atoms with van der Waals surface area (Å²) >= 11 is 0. The lowest BCUT2D eigenvalue weighted by Crippen LogP contribution is -2.39. The summed E-state index contributed by atoms with van der Waals surface area (Å²) in [6.07, 6.45) is -20.7. The number of aliphatic hydroxyl groups excluding tert-OH is 1. The lowest BCUT2D eigenvalue weighted by Gasteiger charge is -2.31. The molecule has 12 heteroatoms. The summed E-state index contributed by atoms with van der Waals surface area (Å²) in [5, 5.41) is 12.8. The maximum absolute atomic E-state index is 14.1. The van der Waals surface area contributed by atoms with Crippen LogP contribution in [0.2, 0.25) is 0 Å². The summed E-state index contributed by atoms with van der Waals surface area (Å²) in [5.74, 6) is 0. The number of hydrogen-bond donors (Lipinski definition) is 1. The third kappa shape index (κ3) is 2.98. The fourth-order valence-corrected chi connectivity index (χ4v) is 3.21. The molecule has 0 saturated carbocycles. The van der Waals surface area contributed by atoms with Gasteiger partial charge in [-0.15, -0.1) is 0 Å². The Balaban J connectivity index is 2.05. The topological polar surface area (TPSA) is 47.3 Å². The predicted molar refractivity (Wildman–Crippen MR) is 65.0 cm³/mol. The molecule has 0 bridgehead atoms. The number of alkyl halides is 8. The van der Waals surface area contributed by atoms with Crippen LogP contribution >= 0.6 is 0 Å². The van der Waals surface area contributed by atoms with Gasteiger partial charge in [-0.25, -0.2) is 8.78 Å². The zero-order valence-corrected chi connectivity index (χ0v) is 12.3. The highest BCUT2D eigenvalue weighted by atomic mass is 19.4. The lowest BCUT2D eigenvalue weighted by atomic mass is 10.0. The van der Waals surface area contributed by atoms with E-state index in [0.717, 1.165) is 0 Å². The third-order valence-electron chi connectivity index (χ3n) is 4.36. The molecule has 0 amide bonds. The van der Waals surface area contributed by atoms with Crippen molar-refractivity contribution >= 4 is 0 Å². The van der Waals surface area contributed by atoms with Gasteiger partial charge in [0.25, 0.3) is 0 Å². The summed E-state index contributed by atoms with van der Waals surface area (Å²) in [6.45, 7) is -0.427. The first-order valence-corrected chi connectivity index (χ1v) is 7.27. The highest BCUT2D eigenvalue weighted by molar-refractivity contribution is 5.39. The van der Waals surface area contributed by atoms with Crippen LogP contribution in [0.15, 0.2) is 0 Å². The molecular weight excluding hydrogens is 368 g/mol. The van der Waals surface area contributed by atoms with Crippen LogP contribution in [0.1, 0.15) is 48.1 Å². The van der Waals surface area contributed by atoms with Crippen molar-refractivity contribution in [3.8, 4) is 0 Å². The molecule has 0 aromatic carbocycles. The van der Waals surface area contributed by atoms with Crippen LogP contribution < -0.4 is 0 Å². The Kier molecular flexibility index (Phi) is 4.26. The molecule has 1 aromatic rings. The van der Waals surface area contributed by atoms with Crippen molar-refractivity contribution in [2.24, 2.45) is 0 Å². The van der Waals surface area contributed by atoms with Gasteiger partial charge >= 0.3 is 12.4 Å². The van der Waals surface area contributed by atoms with E-state index in [9.17, 15) is 40.2 Å². The maximum Gasteiger partial charge on any atom is 0.435 e. The van der Waals surface area contributed by atoms with Crippen molar-refractivity contribution in [3.05, 3.63) is 17.0 Å². The second kappa shape index (κ2) is 5.79. The summed E-state index contributed by atoms with van der Waals surface area (Å²) in [4.78, 5) is 0. The van der Waals surface area contributed by atoms with Gasteiger partial charge in [-0.05, 0) is 6.42 Å². The Morgan fingerprint density at radius 3 is 2.32 bits per heavy atom. The van der Waals surface area contributed by atoms with E-state index in [1.54, 1.807) is 0 Å². The molecule has 0 radical (unpaired) electrons. The average molecular weight is 380 g/mol. The van der Waals surface area contributed by atoms with Crippen LogP contribution in [-0.4, -0.2) is 39.9 Å². The normalized spacial score (nSPS) is 33.6. The van der Waals surface area contributed by atoms with Crippen LogP contribution in [0.25, 0.3) is 0 Å². The maximum atomic E-state index is 14.1. The van der Waals surface area contributed by atoms with Gasteiger partial charge in [-0.2, -0.15) is 31.4 Å². The van der Waals surface area contributed by atoms with E-state index in [0.29, 0.717) is 4.68 Å². The largest absolute Gasteiger partial charge is 0.435 e. The Morgan fingerprint density at radius 1 is 1.12 bits per heavy atom. The second-order valence-electron chi connectivity index (χ2n) is 5.96. The minimum atomic E-state index is -5.12. The number of ether oxygens (including phenoxy) is 1. The molecule has 2 aliphatic rings. The second-order valence-corrected chi connectivity index (χ2v) is 5.96. The minimum absolute atomic E-state index is 0.155. The SMILES string of the molecule is O[C@H]1c2c(C(F)(F)F)nn([C@@H]3CCO[C@H](C(F)(F)F)C3)c2[C@@H](F)[C@H]1F. The first-order valence-electron chi connectivity index (χ1n) is 7.27. The van der Waals surface area contributed by atoms with Gasteiger partial charge in [-0.3, -0.25) is 4.68 Å². The molecule has 5 atom stereocenters. The molecule has 4 nitrogen and oxygen atoms in total. The molecule has 1 aliphatic heterocycles. The smallest absolute Gasteiger partial charge is 0.385 e. The van der Waals surface area contributed by atoms with E-state index in [-0.39, 0.29) is 6.42 Å². The fourth-order valence-electron chi connectivity index (χ4n) is 3.21. The quantitative estimate of drug-likeness (QED) is 0.758. The monoisotopic (exact) mass is 380 g/mol. The summed E-state index contributed by atoms with van der Waals surface area (Å²) < 4.78 is 110. The number of fused-ring (bicyclic) bond motifs is 1. The van der Waals surface area contributed by atoms with Crippen LogP contribution in [0.3, 0.4) is 0 Å². The Bertz CT molecular complexity index is 656. The molecule has 3 rings (SSSR count). The minimum Gasteiger partial charge on any atom is -0.385 e. The highest BCUT2D eigenvalue weighted by Gasteiger charge is 2.53. The molecule has 2 heterocycles. The molecule has 142 valence electrons. The standard InChI is InChI=1S/C13H12F8N2O2/c14-7-8(15)10(24)6-9(7)23(22-11(6)13(19,20)21)4-1-2-25-5(3-4)12(16,17)18/h4-5,7-8,10,24H,1-3H2/t4-,5+,7+,8-,10+/m1/s1. The molecule has 25 heavy (non-hydrogen) atoms. The van der Waals surface area contributed by atoms with Crippen molar-refractivity contribution in [1.29, 1.82) is 0 Å². The number of halogens is 8. The number of hydrogen-bond acceptors (Lipinski definition) is 3. The van der Waals surface area contributed by atoms with Gasteiger partial charge in [0.05, 0.1) is 11.7 Å². The lowest BCUT2D eigenvalue weighted by molar-refractivity contribution is -0.235. The predicted octanol–water partition coefficient (Wildman–Crippen LogP) is 3.58. The van der Waals surface area contributed by atoms with Crippen LogP contribution in [0, 0.1) is 0 Å². The number of aliphatic hydroxyl groups is 1. The molecule has 1 aromatic heterocycles. The van der Waals surface area contributed by atoms with Crippen molar-refractivity contribution in [2.75, 3.05) is 6.61 Å². The van der Waals surface area contributed by atoms with E-state index in [4.69, 9.17) is 0 Å². The molecular formula is C13H12F8N2O2. The van der Waals surface area contributed by atoms with Gasteiger partial charge < -0.3 is 9.84 Å². The van der Waals surface area contributed by atoms with E-state index in [1.165, 1.54) is 0 Å².